The van der Waals surface area contributed by atoms with E-state index in [1.54, 1.807) is 4.90 Å². The Bertz CT molecular complexity index is 918. The summed E-state index contributed by atoms with van der Waals surface area (Å²) < 4.78 is 0. The van der Waals surface area contributed by atoms with Crippen LogP contribution in [-0.2, 0) is 19.2 Å². The number of nitriles is 1. The number of rotatable bonds is 8. The topological polar surface area (TPSA) is 131 Å². The fourth-order valence-corrected chi connectivity index (χ4v) is 5.97. The molecule has 9 heteroatoms. The number of piperidine rings is 1. The molecule has 178 valence electrons. The van der Waals surface area contributed by atoms with Gasteiger partial charge in [0.2, 0.25) is 23.6 Å². The minimum absolute atomic E-state index is 0.0215. The number of amides is 4. The third kappa shape index (κ3) is 4.09. The average molecular weight is 456 g/mol. The van der Waals surface area contributed by atoms with E-state index < -0.39 is 18.1 Å². The number of likely N-dealkylation sites (tertiary alicyclic amines) is 1. The first-order valence-corrected chi connectivity index (χ1v) is 12.3. The Morgan fingerprint density at radius 2 is 1.88 bits per heavy atom. The predicted molar refractivity (Wildman–Crippen MR) is 117 cm³/mol. The van der Waals surface area contributed by atoms with Gasteiger partial charge in [0.1, 0.15) is 18.1 Å². The third-order valence-corrected chi connectivity index (χ3v) is 8.52. The molecule has 3 aliphatic carbocycles. The Labute approximate surface area is 194 Å². The van der Waals surface area contributed by atoms with E-state index in [2.05, 4.69) is 35.9 Å². The molecule has 5 aliphatic rings. The van der Waals surface area contributed by atoms with Crippen molar-refractivity contribution < 1.29 is 19.2 Å². The van der Waals surface area contributed by atoms with Gasteiger partial charge < -0.3 is 20.9 Å². The highest BCUT2D eigenvalue weighted by Gasteiger charge is 2.69. The van der Waals surface area contributed by atoms with Gasteiger partial charge in [0.05, 0.1) is 6.07 Å². The molecule has 6 atom stereocenters. The molecule has 0 aromatic rings. The molecular weight excluding hydrogens is 422 g/mol. The summed E-state index contributed by atoms with van der Waals surface area (Å²) in [7, 11) is 0. The van der Waals surface area contributed by atoms with Crippen molar-refractivity contribution in [2.24, 2.45) is 35.0 Å². The van der Waals surface area contributed by atoms with Crippen LogP contribution in [0.1, 0.15) is 52.4 Å². The van der Waals surface area contributed by atoms with Gasteiger partial charge in [-0.2, -0.15) is 5.26 Å². The van der Waals surface area contributed by atoms with Crippen LogP contribution in [0.3, 0.4) is 0 Å². The van der Waals surface area contributed by atoms with Gasteiger partial charge in [0.25, 0.3) is 0 Å². The summed E-state index contributed by atoms with van der Waals surface area (Å²) in [5.41, 5.74) is -0.0431. The van der Waals surface area contributed by atoms with Crippen LogP contribution in [0, 0.1) is 46.3 Å². The van der Waals surface area contributed by atoms with E-state index in [4.69, 9.17) is 0 Å². The van der Waals surface area contributed by atoms with Crippen molar-refractivity contribution in [3.05, 3.63) is 0 Å². The molecule has 9 nitrogen and oxygen atoms in total. The van der Waals surface area contributed by atoms with Gasteiger partial charge in [-0.05, 0) is 61.7 Å². The minimum atomic E-state index is -0.780. The summed E-state index contributed by atoms with van der Waals surface area (Å²) >= 11 is 0. The Hall–Kier alpha value is -2.63. The molecule has 0 unspecified atom stereocenters. The molecule has 33 heavy (non-hydrogen) atoms. The SMILES string of the molecule is CC1(C)[C@@H]2[C@@H](C(=O)N[C@H](C#N)C[C@@H]3CCNC3=O)N(C(=O)[C@@H](NC(=O)C3CC3)C3CC3)C[C@@H]21. The van der Waals surface area contributed by atoms with Crippen molar-refractivity contribution in [3.8, 4) is 6.07 Å². The maximum atomic E-state index is 13.6. The van der Waals surface area contributed by atoms with E-state index in [0.717, 1.165) is 25.7 Å². The number of hydrogen-bond acceptors (Lipinski definition) is 5. The van der Waals surface area contributed by atoms with Crippen LogP contribution in [0.5, 0.6) is 0 Å². The Morgan fingerprint density at radius 1 is 1.15 bits per heavy atom. The summed E-state index contributed by atoms with van der Waals surface area (Å²) in [6, 6.07) is 0.127. The van der Waals surface area contributed by atoms with E-state index in [0.29, 0.717) is 19.5 Å². The fourth-order valence-electron chi connectivity index (χ4n) is 5.97. The zero-order chi connectivity index (χ0) is 23.5. The summed E-state index contributed by atoms with van der Waals surface area (Å²) in [5.74, 6) is -0.470. The van der Waals surface area contributed by atoms with Crippen LogP contribution >= 0.6 is 0 Å². The highest BCUT2D eigenvalue weighted by molar-refractivity contribution is 5.94. The minimum Gasteiger partial charge on any atom is -0.356 e. The number of carbonyl (C=O) groups is 4. The van der Waals surface area contributed by atoms with Crippen LogP contribution in [0.15, 0.2) is 0 Å². The fraction of sp³-hybridized carbons (Fsp3) is 0.792. The molecule has 0 spiro atoms. The number of nitrogens with zero attached hydrogens (tertiary/aromatic N) is 2. The maximum Gasteiger partial charge on any atom is 0.246 e. The highest BCUT2D eigenvalue weighted by atomic mass is 16.2. The monoisotopic (exact) mass is 455 g/mol. The van der Waals surface area contributed by atoms with Crippen LogP contribution in [-0.4, -0.2) is 59.7 Å². The lowest BCUT2D eigenvalue weighted by atomic mass is 9.97. The van der Waals surface area contributed by atoms with E-state index in [9.17, 15) is 24.4 Å². The second kappa shape index (κ2) is 8.00. The molecule has 0 radical (unpaired) electrons. The van der Waals surface area contributed by atoms with Gasteiger partial charge in [-0.25, -0.2) is 0 Å². The standard InChI is InChI=1S/C24H33N5O4/c1-24(2)16-11-29(23(33)18(12-3-4-12)28-21(31)13-5-6-13)19(17(16)24)22(32)27-15(10-25)9-14-7-8-26-20(14)30/h12-19H,3-9,11H2,1-2H3,(H,26,30)(H,27,32)(H,28,31)/t14-,15-,16-,17-,18-,19-/m0/s1. The molecule has 0 aromatic carbocycles. The number of carbonyl (C=O) groups excluding carboxylic acids is 4. The molecule has 2 saturated heterocycles. The van der Waals surface area contributed by atoms with E-state index >= 15 is 0 Å². The highest BCUT2D eigenvalue weighted by Crippen LogP contribution is 2.65. The molecule has 5 rings (SSSR count). The molecule has 0 bridgehead atoms. The van der Waals surface area contributed by atoms with Gasteiger partial charge in [-0.1, -0.05) is 13.8 Å². The number of hydrogen-bond donors (Lipinski definition) is 3. The molecule has 0 aromatic heterocycles. The third-order valence-electron chi connectivity index (χ3n) is 8.52. The molecule has 4 amide bonds. The second-order valence-corrected chi connectivity index (χ2v) is 11.2. The summed E-state index contributed by atoms with van der Waals surface area (Å²) in [6.45, 7) is 5.32. The van der Waals surface area contributed by atoms with Crippen molar-refractivity contribution in [1.29, 1.82) is 5.26 Å². The van der Waals surface area contributed by atoms with Gasteiger partial charge >= 0.3 is 0 Å². The molecule has 5 fully saturated rings. The number of fused-ring (bicyclic) bond motifs is 1. The lowest BCUT2D eigenvalue weighted by Crippen LogP contribution is -2.57. The lowest BCUT2D eigenvalue weighted by Gasteiger charge is -2.33. The Balaban J connectivity index is 1.29. The van der Waals surface area contributed by atoms with Gasteiger partial charge in [-0.3, -0.25) is 19.2 Å². The van der Waals surface area contributed by atoms with E-state index in [1.165, 1.54) is 0 Å². The quantitative estimate of drug-likeness (QED) is 0.485. The summed E-state index contributed by atoms with van der Waals surface area (Å²) in [5, 5.41) is 18.2. The summed E-state index contributed by atoms with van der Waals surface area (Å²) in [4.78, 5) is 53.0. The zero-order valence-electron chi connectivity index (χ0n) is 19.3. The van der Waals surface area contributed by atoms with Gasteiger partial charge in [-0.15, -0.1) is 0 Å². The van der Waals surface area contributed by atoms with Crippen molar-refractivity contribution in [1.82, 2.24) is 20.9 Å². The van der Waals surface area contributed by atoms with E-state index in [1.807, 2.05) is 0 Å². The molecule has 2 heterocycles. The van der Waals surface area contributed by atoms with Crippen LogP contribution in [0.25, 0.3) is 0 Å². The molecule has 3 saturated carbocycles. The van der Waals surface area contributed by atoms with Crippen LogP contribution in [0.4, 0.5) is 0 Å². The predicted octanol–water partition coefficient (Wildman–Crippen LogP) is 0.309. The van der Waals surface area contributed by atoms with Crippen LogP contribution < -0.4 is 16.0 Å². The molecule has 3 N–H and O–H groups in total. The van der Waals surface area contributed by atoms with Crippen LogP contribution in [0.2, 0.25) is 0 Å². The average Bonchev–Trinajstić information content (AvgIpc) is 3.72. The number of nitrogens with one attached hydrogen (secondary N) is 3. The molecular formula is C24H33N5O4. The smallest absolute Gasteiger partial charge is 0.246 e. The largest absolute Gasteiger partial charge is 0.356 e. The normalized spacial score (nSPS) is 33.4. The Kier molecular flexibility index (Phi) is 5.37. The van der Waals surface area contributed by atoms with Gasteiger partial charge in [0, 0.05) is 24.9 Å². The van der Waals surface area contributed by atoms with Crippen molar-refractivity contribution >= 4 is 23.6 Å². The first kappa shape index (κ1) is 22.2. The maximum absolute atomic E-state index is 13.6. The van der Waals surface area contributed by atoms with Gasteiger partial charge in [0.15, 0.2) is 0 Å². The first-order valence-electron chi connectivity index (χ1n) is 12.3. The van der Waals surface area contributed by atoms with E-state index in [-0.39, 0.29) is 65.1 Å². The van der Waals surface area contributed by atoms with Crippen molar-refractivity contribution in [2.75, 3.05) is 13.1 Å². The van der Waals surface area contributed by atoms with Crippen molar-refractivity contribution in [2.45, 2.75) is 70.5 Å². The zero-order valence-corrected chi connectivity index (χ0v) is 19.3. The van der Waals surface area contributed by atoms with Crippen molar-refractivity contribution in [3.63, 3.8) is 0 Å². The second-order valence-electron chi connectivity index (χ2n) is 11.2. The Morgan fingerprint density at radius 3 is 2.45 bits per heavy atom. The first-order chi connectivity index (χ1) is 15.7. The summed E-state index contributed by atoms with van der Waals surface area (Å²) in [6.07, 6.45) is 4.49. The molecule has 2 aliphatic heterocycles. The lowest BCUT2D eigenvalue weighted by molar-refractivity contribution is -0.144.